The fourth-order valence-electron chi connectivity index (χ4n) is 2.54. The highest BCUT2D eigenvalue weighted by Crippen LogP contribution is 2.29. The monoisotopic (exact) mass is 392 g/mol. The number of alkyl halides is 2. The number of hydrogen-bond acceptors (Lipinski definition) is 4. The van der Waals surface area contributed by atoms with E-state index in [1.54, 1.807) is 31.3 Å². The number of benzene rings is 2. The molecule has 0 bridgehead atoms. The van der Waals surface area contributed by atoms with Crippen molar-refractivity contribution in [2.75, 3.05) is 20.7 Å². The van der Waals surface area contributed by atoms with Crippen LogP contribution in [0.15, 0.2) is 42.5 Å². The van der Waals surface area contributed by atoms with Crippen LogP contribution in [0.3, 0.4) is 0 Å². The third kappa shape index (κ3) is 5.94. The Hall–Kier alpha value is -3.16. The van der Waals surface area contributed by atoms with E-state index in [2.05, 4.69) is 10.1 Å². The minimum Gasteiger partial charge on any atom is -0.493 e. The van der Waals surface area contributed by atoms with Crippen molar-refractivity contribution in [3.63, 3.8) is 0 Å². The number of rotatable bonds is 8. The van der Waals surface area contributed by atoms with Gasteiger partial charge >= 0.3 is 6.61 Å². The van der Waals surface area contributed by atoms with Crippen LogP contribution >= 0.6 is 0 Å². The van der Waals surface area contributed by atoms with Gasteiger partial charge in [-0.15, -0.1) is 0 Å². The van der Waals surface area contributed by atoms with Gasteiger partial charge in [-0.05, 0) is 36.8 Å². The maximum atomic E-state index is 12.4. The topological polar surface area (TPSA) is 67.9 Å². The van der Waals surface area contributed by atoms with Crippen LogP contribution in [0.2, 0.25) is 0 Å². The Kier molecular flexibility index (Phi) is 7.31. The molecule has 0 saturated carbocycles. The Morgan fingerprint density at radius 2 is 1.89 bits per heavy atom. The number of nitrogens with zero attached hydrogens (tertiary/aromatic N) is 1. The zero-order valence-electron chi connectivity index (χ0n) is 15.9. The molecule has 8 heteroatoms. The first kappa shape index (κ1) is 21.1. The molecule has 0 saturated heterocycles. The van der Waals surface area contributed by atoms with Gasteiger partial charge in [-0.25, -0.2) is 0 Å². The van der Waals surface area contributed by atoms with Gasteiger partial charge in [-0.3, -0.25) is 9.59 Å². The molecule has 6 nitrogen and oxygen atoms in total. The predicted molar refractivity (Wildman–Crippen MR) is 99.6 cm³/mol. The van der Waals surface area contributed by atoms with E-state index in [1.807, 2.05) is 13.0 Å². The summed E-state index contributed by atoms with van der Waals surface area (Å²) < 4.78 is 34.2. The van der Waals surface area contributed by atoms with E-state index in [4.69, 9.17) is 4.74 Å². The molecule has 0 aliphatic rings. The largest absolute Gasteiger partial charge is 0.493 e. The molecule has 0 atom stereocenters. The molecule has 0 aromatic heterocycles. The van der Waals surface area contributed by atoms with Crippen molar-refractivity contribution in [3.05, 3.63) is 59.2 Å². The standard InChI is InChI=1S/C20H22F2N2O4/c1-13-5-4-6-15(9-13)19(26)23-11-18(25)24(2)12-14-7-8-16(28-20(21)22)17(10-14)27-3/h4-10,20H,11-12H2,1-3H3,(H,23,26). The van der Waals surface area contributed by atoms with Gasteiger partial charge in [0.05, 0.1) is 13.7 Å². The SMILES string of the molecule is COc1cc(CN(C)C(=O)CNC(=O)c2cccc(C)c2)ccc1OC(F)F. The molecule has 28 heavy (non-hydrogen) atoms. The summed E-state index contributed by atoms with van der Waals surface area (Å²) in [5.41, 5.74) is 2.10. The number of methoxy groups -OCH3 is 1. The molecule has 2 rings (SSSR count). The number of nitrogens with one attached hydrogen (secondary N) is 1. The van der Waals surface area contributed by atoms with Crippen LogP contribution < -0.4 is 14.8 Å². The van der Waals surface area contributed by atoms with Gasteiger partial charge in [0.2, 0.25) is 5.91 Å². The number of hydrogen-bond donors (Lipinski definition) is 1. The fourth-order valence-corrected chi connectivity index (χ4v) is 2.54. The van der Waals surface area contributed by atoms with Crippen molar-refractivity contribution in [2.45, 2.75) is 20.1 Å². The highest BCUT2D eigenvalue weighted by Gasteiger charge is 2.15. The molecule has 150 valence electrons. The number of halogens is 2. The van der Waals surface area contributed by atoms with Gasteiger partial charge in [0.1, 0.15) is 0 Å². The summed E-state index contributed by atoms with van der Waals surface area (Å²) in [5, 5.41) is 2.59. The quantitative estimate of drug-likeness (QED) is 0.750. The molecule has 0 aliphatic carbocycles. The summed E-state index contributed by atoms with van der Waals surface area (Å²) in [7, 11) is 2.92. The fraction of sp³-hybridized carbons (Fsp3) is 0.300. The van der Waals surface area contributed by atoms with Crippen LogP contribution in [0, 0.1) is 6.92 Å². The number of carbonyl (C=O) groups excluding carboxylic acids is 2. The van der Waals surface area contributed by atoms with Gasteiger partial charge < -0.3 is 19.7 Å². The van der Waals surface area contributed by atoms with E-state index in [-0.39, 0.29) is 36.4 Å². The number of aryl methyl sites for hydroxylation is 1. The van der Waals surface area contributed by atoms with Crippen LogP contribution in [0.5, 0.6) is 11.5 Å². The van der Waals surface area contributed by atoms with Gasteiger partial charge in [0.25, 0.3) is 5.91 Å². The summed E-state index contributed by atoms with van der Waals surface area (Å²) in [4.78, 5) is 25.8. The smallest absolute Gasteiger partial charge is 0.387 e. The van der Waals surface area contributed by atoms with Gasteiger partial charge in [-0.2, -0.15) is 8.78 Å². The van der Waals surface area contributed by atoms with Crippen molar-refractivity contribution in [3.8, 4) is 11.5 Å². The van der Waals surface area contributed by atoms with E-state index < -0.39 is 6.61 Å². The molecule has 2 aromatic rings. The second-order valence-corrected chi connectivity index (χ2v) is 6.17. The van der Waals surface area contributed by atoms with E-state index in [9.17, 15) is 18.4 Å². The van der Waals surface area contributed by atoms with Crippen molar-refractivity contribution in [1.29, 1.82) is 0 Å². The Morgan fingerprint density at radius 1 is 1.14 bits per heavy atom. The Morgan fingerprint density at radius 3 is 2.54 bits per heavy atom. The Balaban J connectivity index is 1.93. The number of carbonyl (C=O) groups is 2. The Labute approximate surface area is 162 Å². The molecule has 0 spiro atoms. The average molecular weight is 392 g/mol. The molecule has 1 N–H and O–H groups in total. The van der Waals surface area contributed by atoms with Crippen LogP contribution in [0.4, 0.5) is 8.78 Å². The average Bonchev–Trinajstić information content (AvgIpc) is 2.66. The van der Waals surface area contributed by atoms with Crippen LogP contribution in [0.1, 0.15) is 21.5 Å². The number of amides is 2. The highest BCUT2D eigenvalue weighted by molar-refractivity contribution is 5.96. The molecule has 2 amide bonds. The molecule has 0 unspecified atom stereocenters. The van der Waals surface area contributed by atoms with Gasteiger partial charge in [-0.1, -0.05) is 23.8 Å². The lowest BCUT2D eigenvalue weighted by atomic mass is 10.1. The maximum absolute atomic E-state index is 12.4. The van der Waals surface area contributed by atoms with Gasteiger partial charge in [0, 0.05) is 19.2 Å². The van der Waals surface area contributed by atoms with Crippen molar-refractivity contribution < 1.29 is 27.8 Å². The number of likely N-dealkylation sites (N-methyl/N-ethyl adjacent to an activating group) is 1. The Bertz CT molecular complexity index is 843. The normalized spacial score (nSPS) is 10.5. The summed E-state index contributed by atoms with van der Waals surface area (Å²) in [6.07, 6.45) is 0. The minimum absolute atomic E-state index is 0.0827. The third-order valence-corrected chi connectivity index (χ3v) is 3.97. The van der Waals surface area contributed by atoms with E-state index in [1.165, 1.54) is 24.1 Å². The first-order valence-electron chi connectivity index (χ1n) is 8.50. The van der Waals surface area contributed by atoms with Crippen molar-refractivity contribution >= 4 is 11.8 Å². The molecular weight excluding hydrogens is 370 g/mol. The minimum atomic E-state index is -2.96. The van der Waals surface area contributed by atoms with E-state index in [0.29, 0.717) is 11.1 Å². The predicted octanol–water partition coefficient (Wildman–Crippen LogP) is 2.99. The first-order valence-corrected chi connectivity index (χ1v) is 8.50. The molecule has 0 fully saturated rings. The van der Waals surface area contributed by atoms with E-state index in [0.717, 1.165) is 5.56 Å². The summed E-state index contributed by atoms with van der Waals surface area (Å²) in [6.45, 7) is -1.03. The van der Waals surface area contributed by atoms with Crippen molar-refractivity contribution in [1.82, 2.24) is 10.2 Å². The maximum Gasteiger partial charge on any atom is 0.387 e. The molecule has 0 heterocycles. The second kappa shape index (κ2) is 9.68. The lowest BCUT2D eigenvalue weighted by Gasteiger charge is -2.19. The van der Waals surface area contributed by atoms with Crippen molar-refractivity contribution in [2.24, 2.45) is 0 Å². The molecule has 0 aliphatic heterocycles. The summed E-state index contributed by atoms with van der Waals surface area (Å²) in [5.74, 6) is -0.569. The molecular formula is C20H22F2N2O4. The highest BCUT2D eigenvalue weighted by atomic mass is 19.3. The van der Waals surface area contributed by atoms with Gasteiger partial charge in [0.15, 0.2) is 11.5 Å². The number of ether oxygens (including phenoxy) is 2. The molecule has 0 radical (unpaired) electrons. The first-order chi connectivity index (χ1) is 13.3. The molecule has 2 aromatic carbocycles. The second-order valence-electron chi connectivity index (χ2n) is 6.17. The van der Waals surface area contributed by atoms with Crippen LogP contribution in [-0.2, 0) is 11.3 Å². The van der Waals surface area contributed by atoms with E-state index >= 15 is 0 Å². The lowest BCUT2D eigenvalue weighted by Crippen LogP contribution is -2.37. The third-order valence-electron chi connectivity index (χ3n) is 3.97. The summed E-state index contributed by atoms with van der Waals surface area (Å²) >= 11 is 0. The lowest BCUT2D eigenvalue weighted by molar-refractivity contribution is -0.129. The summed E-state index contributed by atoms with van der Waals surface area (Å²) in [6, 6.07) is 11.5. The van der Waals surface area contributed by atoms with Crippen LogP contribution in [0.25, 0.3) is 0 Å². The zero-order chi connectivity index (χ0) is 20.7. The van der Waals surface area contributed by atoms with Crippen LogP contribution in [-0.4, -0.2) is 44.0 Å². The zero-order valence-corrected chi connectivity index (χ0v) is 15.9.